The van der Waals surface area contributed by atoms with Crippen molar-refractivity contribution < 1.29 is 9.18 Å². The van der Waals surface area contributed by atoms with Crippen LogP contribution in [0.5, 0.6) is 0 Å². The first-order chi connectivity index (χ1) is 10.1. The van der Waals surface area contributed by atoms with Gasteiger partial charge in [-0.1, -0.05) is 12.1 Å². The summed E-state index contributed by atoms with van der Waals surface area (Å²) in [5.41, 5.74) is 2.28. The molecular formula is C15H12FN3OS. The zero-order chi connectivity index (χ0) is 14.8. The van der Waals surface area contributed by atoms with Gasteiger partial charge in [0, 0.05) is 5.69 Å². The number of hydrogen-bond acceptors (Lipinski definition) is 3. The lowest BCUT2D eigenvalue weighted by Gasteiger charge is -2.06. The maximum atomic E-state index is 13.2. The van der Waals surface area contributed by atoms with Crippen LogP contribution in [0.2, 0.25) is 0 Å². The van der Waals surface area contributed by atoms with Crippen LogP contribution in [0.1, 0.15) is 16.1 Å². The molecule has 6 heteroatoms. The minimum absolute atomic E-state index is 0.266. The van der Waals surface area contributed by atoms with Crippen LogP contribution >= 0.6 is 11.3 Å². The van der Waals surface area contributed by atoms with Crippen LogP contribution in [0.4, 0.5) is 10.1 Å². The first kappa shape index (κ1) is 13.5. The molecule has 3 aromatic rings. The molecule has 0 saturated carbocycles. The predicted molar refractivity (Wildman–Crippen MR) is 81.0 cm³/mol. The molecule has 0 unspecified atom stereocenters. The summed E-state index contributed by atoms with van der Waals surface area (Å²) in [6.45, 7) is 1.80. The number of carbonyl (C=O) groups is 1. The molecule has 0 atom stereocenters. The van der Waals surface area contributed by atoms with Gasteiger partial charge in [0.2, 0.25) is 0 Å². The van der Waals surface area contributed by atoms with Gasteiger partial charge < -0.3 is 5.32 Å². The minimum atomic E-state index is -0.391. The van der Waals surface area contributed by atoms with E-state index in [0.29, 0.717) is 5.69 Å². The number of nitrogens with zero attached hydrogens (tertiary/aromatic N) is 1. The monoisotopic (exact) mass is 301 g/mol. The first-order valence-corrected chi connectivity index (χ1v) is 7.18. The van der Waals surface area contributed by atoms with Gasteiger partial charge in [-0.15, -0.1) is 11.3 Å². The number of aromatic amines is 1. The molecule has 2 heterocycles. The Hall–Kier alpha value is -2.47. The van der Waals surface area contributed by atoms with Gasteiger partial charge in [0.1, 0.15) is 5.82 Å². The van der Waals surface area contributed by atoms with Crippen molar-refractivity contribution in [1.82, 2.24) is 10.2 Å². The summed E-state index contributed by atoms with van der Waals surface area (Å²) in [5.74, 6) is -0.764. The highest BCUT2D eigenvalue weighted by molar-refractivity contribution is 7.13. The highest BCUT2D eigenvalue weighted by Crippen LogP contribution is 2.23. The zero-order valence-electron chi connectivity index (χ0n) is 11.2. The van der Waals surface area contributed by atoms with E-state index < -0.39 is 5.82 Å². The highest BCUT2D eigenvalue weighted by atomic mass is 32.1. The average Bonchev–Trinajstić information content (AvgIpc) is 3.12. The Kier molecular flexibility index (Phi) is 3.53. The molecule has 0 aliphatic rings. The number of halogens is 1. The first-order valence-electron chi connectivity index (χ1n) is 6.30. The van der Waals surface area contributed by atoms with Gasteiger partial charge in [-0.25, -0.2) is 4.39 Å². The van der Waals surface area contributed by atoms with Crippen molar-refractivity contribution >= 4 is 22.9 Å². The number of benzene rings is 1. The highest BCUT2D eigenvalue weighted by Gasteiger charge is 2.13. The molecule has 0 spiro atoms. The molecule has 2 aromatic heterocycles. The Morgan fingerprint density at radius 2 is 2.19 bits per heavy atom. The number of hydrogen-bond donors (Lipinski definition) is 2. The van der Waals surface area contributed by atoms with Crippen LogP contribution in [0.15, 0.2) is 41.8 Å². The normalized spacial score (nSPS) is 10.6. The summed E-state index contributed by atoms with van der Waals surface area (Å²) in [6, 6.07) is 9.81. The van der Waals surface area contributed by atoms with E-state index in [0.717, 1.165) is 16.1 Å². The topological polar surface area (TPSA) is 57.8 Å². The molecule has 0 aliphatic carbocycles. The Labute approximate surface area is 124 Å². The van der Waals surface area contributed by atoms with Gasteiger partial charge in [-0.3, -0.25) is 9.89 Å². The summed E-state index contributed by atoms with van der Waals surface area (Å²) in [7, 11) is 0. The van der Waals surface area contributed by atoms with Crippen molar-refractivity contribution in [2.24, 2.45) is 0 Å². The number of nitrogens with one attached hydrogen (secondary N) is 2. The van der Waals surface area contributed by atoms with E-state index in [1.165, 1.54) is 12.1 Å². The average molecular weight is 301 g/mol. The third-order valence-corrected chi connectivity index (χ3v) is 3.95. The smallest absolute Gasteiger partial charge is 0.276 e. The van der Waals surface area contributed by atoms with Crippen molar-refractivity contribution in [3.8, 4) is 10.6 Å². The van der Waals surface area contributed by atoms with Crippen LogP contribution < -0.4 is 5.32 Å². The van der Waals surface area contributed by atoms with Crippen molar-refractivity contribution in [3.05, 3.63) is 58.9 Å². The molecule has 1 aromatic carbocycles. The Morgan fingerprint density at radius 1 is 1.33 bits per heavy atom. The van der Waals surface area contributed by atoms with Crippen LogP contribution in [0, 0.1) is 12.7 Å². The van der Waals surface area contributed by atoms with Crippen molar-refractivity contribution in [3.63, 3.8) is 0 Å². The van der Waals surface area contributed by atoms with Crippen LogP contribution in [-0.2, 0) is 0 Å². The fraction of sp³-hybridized carbons (Fsp3) is 0.0667. The number of aryl methyl sites for hydroxylation is 1. The van der Waals surface area contributed by atoms with Gasteiger partial charge in [0.25, 0.3) is 5.91 Å². The molecule has 0 radical (unpaired) electrons. The summed E-state index contributed by atoms with van der Waals surface area (Å²) in [4.78, 5) is 13.2. The quantitative estimate of drug-likeness (QED) is 0.772. The lowest BCUT2D eigenvalue weighted by Crippen LogP contribution is -2.13. The van der Waals surface area contributed by atoms with Gasteiger partial charge in [0.05, 0.1) is 10.6 Å². The summed E-state index contributed by atoms with van der Waals surface area (Å²) >= 11 is 1.56. The SMILES string of the molecule is Cc1ccc(F)cc1NC(=O)c1cc(-c2cccs2)[nH]n1. The van der Waals surface area contributed by atoms with Crippen LogP contribution in [0.25, 0.3) is 10.6 Å². The molecule has 106 valence electrons. The molecule has 2 N–H and O–H groups in total. The maximum Gasteiger partial charge on any atom is 0.276 e. The summed E-state index contributed by atoms with van der Waals surface area (Å²) in [6.07, 6.45) is 0. The summed E-state index contributed by atoms with van der Waals surface area (Å²) < 4.78 is 13.2. The number of aromatic nitrogens is 2. The second-order valence-corrected chi connectivity index (χ2v) is 5.51. The fourth-order valence-electron chi connectivity index (χ4n) is 1.91. The largest absolute Gasteiger partial charge is 0.320 e. The molecule has 4 nitrogen and oxygen atoms in total. The second-order valence-electron chi connectivity index (χ2n) is 4.56. The van der Waals surface area contributed by atoms with Crippen molar-refractivity contribution in [2.75, 3.05) is 5.32 Å². The Bertz CT molecular complexity index is 780. The number of anilines is 1. The molecule has 21 heavy (non-hydrogen) atoms. The summed E-state index contributed by atoms with van der Waals surface area (Å²) in [5, 5.41) is 11.4. The molecule has 1 amide bonds. The van der Waals surface area contributed by atoms with E-state index in [-0.39, 0.29) is 11.6 Å². The molecule has 0 fully saturated rings. The van der Waals surface area contributed by atoms with E-state index in [9.17, 15) is 9.18 Å². The third-order valence-electron chi connectivity index (χ3n) is 3.04. The predicted octanol–water partition coefficient (Wildman–Crippen LogP) is 3.84. The molecular weight excluding hydrogens is 289 g/mol. The Morgan fingerprint density at radius 3 is 2.95 bits per heavy atom. The maximum absolute atomic E-state index is 13.2. The standard InChI is InChI=1S/C15H12FN3OS/c1-9-4-5-10(16)7-11(9)17-15(20)13-8-12(18-19-13)14-3-2-6-21-14/h2-8H,1H3,(H,17,20)(H,18,19). The molecule has 3 rings (SSSR count). The van der Waals surface area contributed by atoms with Crippen molar-refractivity contribution in [2.45, 2.75) is 6.92 Å². The van der Waals surface area contributed by atoms with Crippen molar-refractivity contribution in [1.29, 1.82) is 0 Å². The number of carbonyl (C=O) groups excluding carboxylic acids is 1. The lowest BCUT2D eigenvalue weighted by molar-refractivity contribution is 0.102. The van der Waals surface area contributed by atoms with E-state index in [4.69, 9.17) is 0 Å². The van der Waals surface area contributed by atoms with Gasteiger partial charge in [0.15, 0.2) is 5.69 Å². The van der Waals surface area contributed by atoms with Gasteiger partial charge >= 0.3 is 0 Å². The van der Waals surface area contributed by atoms with Gasteiger partial charge in [-0.2, -0.15) is 5.10 Å². The molecule has 0 saturated heterocycles. The number of rotatable bonds is 3. The van der Waals surface area contributed by atoms with E-state index in [1.54, 1.807) is 30.4 Å². The lowest BCUT2D eigenvalue weighted by atomic mass is 10.2. The van der Waals surface area contributed by atoms with Crippen LogP contribution in [-0.4, -0.2) is 16.1 Å². The van der Waals surface area contributed by atoms with E-state index in [1.807, 2.05) is 17.5 Å². The zero-order valence-corrected chi connectivity index (χ0v) is 12.0. The number of amides is 1. The van der Waals surface area contributed by atoms with E-state index in [2.05, 4.69) is 15.5 Å². The number of thiophene rings is 1. The molecule has 0 aliphatic heterocycles. The third kappa shape index (κ3) is 2.85. The van der Waals surface area contributed by atoms with Gasteiger partial charge in [-0.05, 0) is 42.1 Å². The number of H-pyrrole nitrogens is 1. The van der Waals surface area contributed by atoms with Crippen LogP contribution in [0.3, 0.4) is 0 Å². The Balaban J connectivity index is 1.81. The molecule has 0 bridgehead atoms. The van der Waals surface area contributed by atoms with E-state index >= 15 is 0 Å². The second kappa shape index (κ2) is 5.49. The fourth-order valence-corrected chi connectivity index (χ4v) is 2.60. The minimum Gasteiger partial charge on any atom is -0.320 e.